The summed E-state index contributed by atoms with van der Waals surface area (Å²) in [6.07, 6.45) is 1.10. The van der Waals surface area contributed by atoms with E-state index in [9.17, 15) is 14.7 Å². The number of hydrogen-bond acceptors (Lipinski definition) is 8. The van der Waals surface area contributed by atoms with Crippen molar-refractivity contribution in [2.45, 2.75) is 45.8 Å². The highest BCUT2D eigenvalue weighted by Gasteiger charge is 2.39. The molecule has 6 rings (SSSR count). The third-order valence-corrected chi connectivity index (χ3v) is 7.45. The highest BCUT2D eigenvalue weighted by atomic mass is 16.5. The minimum atomic E-state index is -0.612. The minimum Gasteiger partial charge on any atom is -0.456 e. The van der Waals surface area contributed by atoms with Crippen molar-refractivity contribution in [1.29, 1.82) is 0 Å². The Hall–Kier alpha value is -3.57. The number of cyclic esters (lactones) is 1. The molecular weight excluding hydrogens is 474 g/mol. The lowest BCUT2D eigenvalue weighted by molar-refractivity contribution is -0.136. The van der Waals surface area contributed by atoms with Gasteiger partial charge in [0.1, 0.15) is 6.61 Å². The van der Waals surface area contributed by atoms with Crippen LogP contribution in [0.4, 0.5) is 4.79 Å². The first-order valence-corrected chi connectivity index (χ1v) is 13.0. The van der Waals surface area contributed by atoms with Crippen LogP contribution in [0.25, 0.3) is 16.6 Å². The molecule has 0 bridgehead atoms. The van der Waals surface area contributed by atoms with Crippen molar-refractivity contribution in [3.05, 3.63) is 47.2 Å². The molecule has 2 amide bonds. The molecule has 37 heavy (non-hydrogen) atoms. The highest BCUT2D eigenvalue weighted by molar-refractivity contribution is 5.92. The first-order chi connectivity index (χ1) is 18.0. The summed E-state index contributed by atoms with van der Waals surface area (Å²) < 4.78 is 6.77. The van der Waals surface area contributed by atoms with E-state index in [1.165, 1.54) is 0 Å². The number of aliphatic hydroxyl groups excluding tert-OH is 1. The Morgan fingerprint density at radius 2 is 1.86 bits per heavy atom. The largest absolute Gasteiger partial charge is 0.456 e. The molecule has 5 heterocycles. The van der Waals surface area contributed by atoms with Crippen LogP contribution in [-0.2, 0) is 9.53 Å². The molecule has 0 spiro atoms. The number of hydrogen-bond donors (Lipinski definition) is 1. The first kappa shape index (κ1) is 25.1. The monoisotopic (exact) mass is 507 g/mol. The Balaban J connectivity index is 0.00000137. The number of carbonyl (C=O) groups excluding carboxylic acids is 2. The number of nitrogens with zero attached hydrogens (tertiary/aromatic N) is 7. The van der Waals surface area contributed by atoms with Gasteiger partial charge in [0, 0.05) is 44.2 Å². The lowest BCUT2D eigenvalue weighted by Gasteiger charge is -2.37. The van der Waals surface area contributed by atoms with E-state index in [0.717, 1.165) is 42.4 Å². The zero-order valence-corrected chi connectivity index (χ0v) is 21.5. The number of ether oxygens (including phenoxy) is 1. The maximum Gasteiger partial charge on any atom is 0.336 e. The molecule has 1 N–H and O–H groups in total. The number of amides is 2. The van der Waals surface area contributed by atoms with Crippen molar-refractivity contribution in [3.8, 4) is 0 Å². The van der Waals surface area contributed by atoms with Crippen molar-refractivity contribution < 1.29 is 19.4 Å². The number of fused-ring (bicyclic) bond motifs is 3. The molecule has 2 saturated heterocycles. The molecule has 1 unspecified atom stereocenters. The fraction of sp³-hybridized carbons (Fsp3) is 0.500. The molecule has 1 atom stereocenters. The molecule has 11 heteroatoms. The Kier molecular flexibility index (Phi) is 7.07. The van der Waals surface area contributed by atoms with Gasteiger partial charge in [0.25, 0.3) is 0 Å². The molecule has 3 aliphatic rings. The van der Waals surface area contributed by atoms with Gasteiger partial charge in [-0.15, -0.1) is 5.10 Å². The second-order valence-electron chi connectivity index (χ2n) is 9.42. The van der Waals surface area contributed by atoms with Gasteiger partial charge in [0.2, 0.25) is 0 Å². The van der Waals surface area contributed by atoms with Crippen LogP contribution in [0.1, 0.15) is 45.3 Å². The molecule has 2 aromatic heterocycles. The topological polar surface area (TPSA) is 116 Å². The predicted octanol–water partition coefficient (Wildman–Crippen LogP) is 2.37. The average molecular weight is 508 g/mol. The van der Waals surface area contributed by atoms with Crippen LogP contribution in [0.2, 0.25) is 0 Å². The molecule has 3 aromatic rings. The van der Waals surface area contributed by atoms with Crippen molar-refractivity contribution >= 4 is 28.6 Å². The quantitative estimate of drug-likeness (QED) is 0.523. The highest BCUT2D eigenvalue weighted by Crippen LogP contribution is 2.28. The molecule has 11 nitrogen and oxygen atoms in total. The van der Waals surface area contributed by atoms with Crippen molar-refractivity contribution in [1.82, 2.24) is 34.7 Å². The van der Waals surface area contributed by atoms with E-state index in [2.05, 4.69) is 20.4 Å². The van der Waals surface area contributed by atoms with Crippen LogP contribution in [0.5, 0.6) is 0 Å². The maximum atomic E-state index is 13.0. The van der Waals surface area contributed by atoms with Crippen LogP contribution in [0.3, 0.4) is 0 Å². The molecule has 2 fully saturated rings. The van der Waals surface area contributed by atoms with E-state index in [0.29, 0.717) is 36.6 Å². The normalized spacial score (nSPS) is 20.1. The number of aromatic nitrogens is 4. The third kappa shape index (κ3) is 4.64. The smallest absolute Gasteiger partial charge is 0.336 e. The number of pyridine rings is 1. The number of aliphatic hydroxyl groups is 1. The van der Waals surface area contributed by atoms with Crippen molar-refractivity contribution in [2.24, 2.45) is 0 Å². The summed E-state index contributed by atoms with van der Waals surface area (Å²) in [4.78, 5) is 30.6. The van der Waals surface area contributed by atoms with Crippen LogP contribution >= 0.6 is 0 Å². The van der Waals surface area contributed by atoms with Gasteiger partial charge in [-0.2, -0.15) is 4.52 Å². The second kappa shape index (κ2) is 10.4. The Bertz CT molecular complexity index is 1350. The number of β-amino-alcohol motifs (C(OH)–C–C–N with tert-alkyl or cyclic N) is 1. The van der Waals surface area contributed by atoms with E-state index in [1.807, 2.05) is 49.1 Å². The number of esters is 1. The Morgan fingerprint density at radius 1 is 1.08 bits per heavy atom. The molecule has 196 valence electrons. The molecular formula is C26H33N7O4. The van der Waals surface area contributed by atoms with E-state index in [-0.39, 0.29) is 24.6 Å². The zero-order chi connectivity index (χ0) is 26.1. The van der Waals surface area contributed by atoms with Crippen LogP contribution in [-0.4, -0.2) is 97.2 Å². The van der Waals surface area contributed by atoms with Crippen LogP contribution in [0.15, 0.2) is 41.6 Å². The fourth-order valence-corrected chi connectivity index (χ4v) is 5.40. The number of carbonyl (C=O) groups is 2. The lowest BCUT2D eigenvalue weighted by Crippen LogP contribution is -2.47. The lowest BCUT2D eigenvalue weighted by atomic mass is 10.0. The summed E-state index contributed by atoms with van der Waals surface area (Å²) in [5.41, 5.74) is 3.66. The van der Waals surface area contributed by atoms with Crippen LogP contribution < -0.4 is 0 Å². The van der Waals surface area contributed by atoms with E-state index >= 15 is 0 Å². The summed E-state index contributed by atoms with van der Waals surface area (Å²) in [5, 5.41) is 23.6. The van der Waals surface area contributed by atoms with Gasteiger partial charge in [-0.25, -0.2) is 9.59 Å². The average Bonchev–Trinajstić information content (AvgIpc) is 3.64. The number of rotatable bonds is 5. The number of likely N-dealkylation sites (tertiary alicyclic amines) is 1. The maximum absolute atomic E-state index is 13.0. The SMILES string of the molecule is CC.CC1=C(N2CCN(C3CCN(CC(O)c4ccc5c(ccc6nnnn65)c4)CC3)C2=O)COC1=O. The van der Waals surface area contributed by atoms with E-state index < -0.39 is 6.10 Å². The summed E-state index contributed by atoms with van der Waals surface area (Å²) in [5.74, 6) is -0.340. The summed E-state index contributed by atoms with van der Waals surface area (Å²) in [7, 11) is 0. The minimum absolute atomic E-state index is 0.0380. The van der Waals surface area contributed by atoms with E-state index in [4.69, 9.17) is 4.74 Å². The van der Waals surface area contributed by atoms with Crippen molar-refractivity contribution in [2.75, 3.05) is 39.3 Å². The molecule has 0 saturated carbocycles. The van der Waals surface area contributed by atoms with Gasteiger partial charge in [-0.3, -0.25) is 4.90 Å². The van der Waals surface area contributed by atoms with Gasteiger partial charge in [-0.1, -0.05) is 19.9 Å². The van der Waals surface area contributed by atoms with Crippen LogP contribution in [0, 0.1) is 0 Å². The summed E-state index contributed by atoms with van der Waals surface area (Å²) in [6.45, 7) is 9.29. The predicted molar refractivity (Wildman–Crippen MR) is 137 cm³/mol. The standard InChI is InChI=1S/C24H27N7O4.C2H6/c1-15-20(14-35-23(15)33)30-11-10-29(24(30)34)18-6-8-28(9-7-18)13-21(32)17-2-4-19-16(12-17)3-5-22-25-26-27-31(19)22;1-2/h2-5,12,18,21,32H,6-11,13-14H2,1H3;1-2H3. The second-order valence-corrected chi connectivity index (χ2v) is 9.42. The fourth-order valence-electron chi connectivity index (χ4n) is 5.40. The first-order valence-electron chi connectivity index (χ1n) is 13.0. The van der Waals surface area contributed by atoms with Gasteiger partial charge >= 0.3 is 12.0 Å². The van der Waals surface area contributed by atoms with Gasteiger partial charge in [0.15, 0.2) is 5.65 Å². The number of benzene rings is 1. The number of piperidine rings is 1. The zero-order valence-electron chi connectivity index (χ0n) is 21.5. The Labute approximate surface area is 215 Å². The number of tetrazole rings is 1. The summed E-state index contributed by atoms with van der Waals surface area (Å²) >= 11 is 0. The van der Waals surface area contributed by atoms with Crippen molar-refractivity contribution in [3.63, 3.8) is 0 Å². The summed E-state index contributed by atoms with van der Waals surface area (Å²) in [6, 6.07) is 9.80. The van der Waals surface area contributed by atoms with Gasteiger partial charge in [-0.05, 0) is 60.0 Å². The number of urea groups is 1. The third-order valence-electron chi connectivity index (χ3n) is 7.45. The molecule has 3 aliphatic heterocycles. The molecule has 0 radical (unpaired) electrons. The molecule has 1 aromatic carbocycles. The van der Waals surface area contributed by atoms with Gasteiger partial charge < -0.3 is 19.6 Å². The van der Waals surface area contributed by atoms with E-state index in [1.54, 1.807) is 16.3 Å². The molecule has 0 aliphatic carbocycles. The Morgan fingerprint density at radius 3 is 2.59 bits per heavy atom. The van der Waals surface area contributed by atoms with Gasteiger partial charge in [0.05, 0.1) is 22.9 Å².